The summed E-state index contributed by atoms with van der Waals surface area (Å²) >= 11 is 0. The monoisotopic (exact) mass is 245 g/mol. The fourth-order valence-corrected chi connectivity index (χ4v) is 1.30. The van der Waals surface area contributed by atoms with Gasteiger partial charge in [0.2, 0.25) is 5.91 Å². The van der Waals surface area contributed by atoms with Gasteiger partial charge in [0, 0.05) is 6.54 Å². The van der Waals surface area contributed by atoms with Crippen LogP contribution in [0.5, 0.6) is 0 Å². The standard InChI is InChI=1S/C11H19NO5/c1-4-17-11(16)7-12(6-8(2)3)9(13)5-10(14)15/h8H,4-7H2,1-3H3,(H,14,15). The molecule has 17 heavy (non-hydrogen) atoms. The first kappa shape index (κ1) is 15.4. The number of rotatable bonds is 7. The SMILES string of the molecule is CCOC(=O)CN(CC(C)C)C(=O)CC(=O)O. The number of ether oxygens (including phenoxy) is 1. The van der Waals surface area contributed by atoms with Gasteiger partial charge < -0.3 is 14.7 Å². The Morgan fingerprint density at radius 3 is 2.29 bits per heavy atom. The van der Waals surface area contributed by atoms with Crippen LogP contribution in [0.25, 0.3) is 0 Å². The average Bonchev–Trinajstić information content (AvgIpc) is 2.15. The zero-order valence-corrected chi connectivity index (χ0v) is 10.4. The number of carboxylic acid groups (broad SMARTS) is 1. The highest BCUT2D eigenvalue weighted by Crippen LogP contribution is 2.02. The summed E-state index contributed by atoms with van der Waals surface area (Å²) < 4.78 is 4.73. The molecule has 6 nitrogen and oxygen atoms in total. The molecule has 0 saturated carbocycles. The van der Waals surface area contributed by atoms with E-state index in [-0.39, 0.29) is 19.1 Å². The van der Waals surface area contributed by atoms with Crippen molar-refractivity contribution in [3.05, 3.63) is 0 Å². The smallest absolute Gasteiger partial charge is 0.325 e. The number of carbonyl (C=O) groups is 3. The van der Waals surface area contributed by atoms with Crippen molar-refractivity contribution in [2.24, 2.45) is 5.92 Å². The lowest BCUT2D eigenvalue weighted by Crippen LogP contribution is -2.39. The van der Waals surface area contributed by atoms with Gasteiger partial charge in [-0.1, -0.05) is 13.8 Å². The molecule has 0 aliphatic carbocycles. The normalized spacial score (nSPS) is 10.1. The van der Waals surface area contributed by atoms with E-state index in [0.29, 0.717) is 6.54 Å². The van der Waals surface area contributed by atoms with Crippen molar-refractivity contribution in [1.82, 2.24) is 4.90 Å². The van der Waals surface area contributed by atoms with E-state index in [0.717, 1.165) is 0 Å². The molecule has 0 bridgehead atoms. The fraction of sp³-hybridized carbons (Fsp3) is 0.727. The first-order chi connectivity index (χ1) is 7.86. The highest BCUT2D eigenvalue weighted by atomic mass is 16.5. The molecule has 0 aliphatic heterocycles. The van der Waals surface area contributed by atoms with Gasteiger partial charge >= 0.3 is 11.9 Å². The predicted octanol–water partition coefficient (Wildman–Crippen LogP) is 0.509. The quantitative estimate of drug-likeness (QED) is 0.522. The van der Waals surface area contributed by atoms with Crippen LogP contribution in [0.3, 0.4) is 0 Å². The highest BCUT2D eigenvalue weighted by molar-refractivity contribution is 5.94. The number of aliphatic carboxylic acids is 1. The summed E-state index contributed by atoms with van der Waals surface area (Å²) in [5.41, 5.74) is 0. The van der Waals surface area contributed by atoms with Crippen LogP contribution in [0.2, 0.25) is 0 Å². The molecule has 0 aromatic heterocycles. The molecule has 0 unspecified atom stereocenters. The van der Waals surface area contributed by atoms with E-state index in [9.17, 15) is 14.4 Å². The van der Waals surface area contributed by atoms with Crippen molar-refractivity contribution in [3.8, 4) is 0 Å². The van der Waals surface area contributed by atoms with Crippen molar-refractivity contribution < 1.29 is 24.2 Å². The first-order valence-electron chi connectivity index (χ1n) is 5.52. The Morgan fingerprint density at radius 2 is 1.88 bits per heavy atom. The van der Waals surface area contributed by atoms with Crippen LogP contribution in [0, 0.1) is 5.92 Å². The molecule has 0 aromatic rings. The third kappa shape index (κ3) is 7.32. The van der Waals surface area contributed by atoms with Crippen LogP contribution in [0.15, 0.2) is 0 Å². The van der Waals surface area contributed by atoms with Crippen molar-refractivity contribution in [2.45, 2.75) is 27.2 Å². The minimum Gasteiger partial charge on any atom is -0.481 e. The topological polar surface area (TPSA) is 83.9 Å². The molecule has 0 saturated heterocycles. The summed E-state index contributed by atoms with van der Waals surface area (Å²) in [6, 6.07) is 0. The van der Waals surface area contributed by atoms with Gasteiger partial charge in [-0.15, -0.1) is 0 Å². The molecule has 0 radical (unpaired) electrons. The highest BCUT2D eigenvalue weighted by Gasteiger charge is 2.20. The van der Waals surface area contributed by atoms with E-state index in [1.165, 1.54) is 4.90 Å². The lowest BCUT2D eigenvalue weighted by Gasteiger charge is -2.22. The molecule has 0 atom stereocenters. The predicted molar refractivity (Wildman–Crippen MR) is 60.3 cm³/mol. The zero-order valence-electron chi connectivity index (χ0n) is 10.4. The van der Waals surface area contributed by atoms with Crippen molar-refractivity contribution >= 4 is 17.8 Å². The summed E-state index contributed by atoms with van der Waals surface area (Å²) in [6.45, 7) is 5.81. The van der Waals surface area contributed by atoms with E-state index >= 15 is 0 Å². The summed E-state index contributed by atoms with van der Waals surface area (Å²) in [5, 5.41) is 8.54. The first-order valence-corrected chi connectivity index (χ1v) is 5.52. The fourth-order valence-electron chi connectivity index (χ4n) is 1.30. The van der Waals surface area contributed by atoms with Crippen molar-refractivity contribution in [2.75, 3.05) is 19.7 Å². The van der Waals surface area contributed by atoms with E-state index in [1.807, 2.05) is 13.8 Å². The Labute approximate surface area is 101 Å². The third-order valence-corrected chi connectivity index (χ3v) is 1.87. The molecule has 0 rings (SSSR count). The Bertz CT molecular complexity index is 288. The average molecular weight is 245 g/mol. The maximum Gasteiger partial charge on any atom is 0.325 e. The minimum atomic E-state index is -1.20. The largest absolute Gasteiger partial charge is 0.481 e. The van der Waals surface area contributed by atoms with E-state index in [2.05, 4.69) is 0 Å². The van der Waals surface area contributed by atoms with Gasteiger partial charge in [-0.2, -0.15) is 0 Å². The van der Waals surface area contributed by atoms with E-state index in [1.54, 1.807) is 6.92 Å². The second-order valence-corrected chi connectivity index (χ2v) is 4.04. The van der Waals surface area contributed by atoms with Gasteiger partial charge in [-0.3, -0.25) is 14.4 Å². The van der Waals surface area contributed by atoms with Gasteiger partial charge in [0.05, 0.1) is 6.61 Å². The van der Waals surface area contributed by atoms with Gasteiger partial charge in [0.1, 0.15) is 13.0 Å². The van der Waals surface area contributed by atoms with Crippen LogP contribution >= 0.6 is 0 Å². The Kier molecular flexibility index (Phi) is 6.93. The number of hydrogen-bond donors (Lipinski definition) is 1. The van der Waals surface area contributed by atoms with Crippen LogP contribution in [-0.4, -0.2) is 47.5 Å². The maximum atomic E-state index is 11.6. The van der Waals surface area contributed by atoms with Crippen molar-refractivity contribution in [3.63, 3.8) is 0 Å². The number of amides is 1. The molecule has 0 heterocycles. The maximum absolute atomic E-state index is 11.6. The number of hydrogen-bond acceptors (Lipinski definition) is 4. The second-order valence-electron chi connectivity index (χ2n) is 4.04. The summed E-state index contributed by atoms with van der Waals surface area (Å²) in [6.07, 6.45) is -0.605. The van der Waals surface area contributed by atoms with Crippen LogP contribution in [-0.2, 0) is 19.1 Å². The Morgan fingerprint density at radius 1 is 1.29 bits per heavy atom. The summed E-state index contributed by atoms with van der Waals surface area (Å²) in [5.74, 6) is -2.14. The molecule has 0 spiro atoms. The lowest BCUT2D eigenvalue weighted by atomic mass is 10.2. The van der Waals surface area contributed by atoms with Crippen molar-refractivity contribution in [1.29, 1.82) is 0 Å². The van der Waals surface area contributed by atoms with E-state index in [4.69, 9.17) is 9.84 Å². The lowest BCUT2D eigenvalue weighted by molar-refractivity contribution is -0.152. The summed E-state index contributed by atoms with van der Waals surface area (Å²) in [4.78, 5) is 34.5. The molecule has 1 amide bonds. The molecule has 6 heteroatoms. The molecule has 0 aliphatic rings. The van der Waals surface area contributed by atoms with Gasteiger partial charge in [0.15, 0.2) is 0 Å². The number of esters is 1. The van der Waals surface area contributed by atoms with Gasteiger partial charge in [-0.25, -0.2) is 0 Å². The van der Waals surface area contributed by atoms with E-state index < -0.39 is 24.3 Å². The Balaban J connectivity index is 4.46. The van der Waals surface area contributed by atoms with Gasteiger partial charge in [0.25, 0.3) is 0 Å². The summed E-state index contributed by atoms with van der Waals surface area (Å²) in [7, 11) is 0. The van der Waals surface area contributed by atoms with Gasteiger partial charge in [-0.05, 0) is 12.8 Å². The second kappa shape index (κ2) is 7.65. The number of carbonyl (C=O) groups excluding carboxylic acids is 2. The van der Waals surface area contributed by atoms with Crippen LogP contribution in [0.1, 0.15) is 27.2 Å². The Hall–Kier alpha value is -1.59. The minimum absolute atomic E-state index is 0.155. The zero-order chi connectivity index (χ0) is 13.4. The molecular weight excluding hydrogens is 226 g/mol. The number of carboxylic acids is 1. The molecule has 98 valence electrons. The molecular formula is C11H19NO5. The number of nitrogens with zero attached hydrogens (tertiary/aromatic N) is 1. The molecule has 1 N–H and O–H groups in total. The van der Waals surface area contributed by atoms with Crippen LogP contribution < -0.4 is 0 Å². The molecule has 0 aromatic carbocycles. The molecule has 0 fully saturated rings. The third-order valence-electron chi connectivity index (χ3n) is 1.87. The van der Waals surface area contributed by atoms with Crippen LogP contribution in [0.4, 0.5) is 0 Å².